The quantitative estimate of drug-likeness (QED) is 0.384. The van der Waals surface area contributed by atoms with Gasteiger partial charge in [0.2, 0.25) is 0 Å². The number of sulfonamides is 1. The van der Waals surface area contributed by atoms with Crippen LogP contribution in [0.15, 0.2) is 23.1 Å². The monoisotopic (exact) mass is 439 g/mol. The van der Waals surface area contributed by atoms with Crippen molar-refractivity contribution in [2.45, 2.75) is 29.7 Å². The van der Waals surface area contributed by atoms with Gasteiger partial charge in [0.1, 0.15) is 16.4 Å². The molecule has 0 aliphatic heterocycles. The minimum Gasteiger partial charge on any atom is -0.497 e. The zero-order valence-electron chi connectivity index (χ0n) is 14.5. The van der Waals surface area contributed by atoms with Gasteiger partial charge in [0, 0.05) is 6.07 Å². The molecule has 0 aromatic heterocycles. The molecule has 28 heavy (non-hydrogen) atoms. The Bertz CT molecular complexity index is 844. The lowest BCUT2D eigenvalue weighted by molar-refractivity contribution is -0.329. The van der Waals surface area contributed by atoms with Gasteiger partial charge in [-0.2, -0.15) is 27.0 Å². The van der Waals surface area contributed by atoms with E-state index < -0.39 is 56.5 Å². The first-order chi connectivity index (χ1) is 12.5. The number of urea groups is 1. The Morgan fingerprint density at radius 1 is 1.11 bits per heavy atom. The molecule has 1 aromatic carbocycles. The molecular formula is C13H15F6N3O5S. The highest BCUT2D eigenvalue weighted by Crippen LogP contribution is 2.46. The average Bonchev–Trinajstić information content (AvgIpc) is 2.57. The smallest absolute Gasteiger partial charge is 0.430 e. The molecule has 0 heterocycles. The van der Waals surface area contributed by atoms with Gasteiger partial charge in [0.25, 0.3) is 15.7 Å². The highest BCUT2D eigenvalue weighted by molar-refractivity contribution is 7.89. The largest absolute Gasteiger partial charge is 0.497 e. The van der Waals surface area contributed by atoms with Crippen molar-refractivity contribution in [1.82, 2.24) is 9.84 Å². The number of benzene rings is 1. The van der Waals surface area contributed by atoms with Gasteiger partial charge in [-0.1, -0.05) is 0 Å². The molecule has 0 spiro atoms. The van der Waals surface area contributed by atoms with E-state index in [2.05, 4.69) is 5.73 Å². The van der Waals surface area contributed by atoms with Crippen molar-refractivity contribution in [1.29, 1.82) is 0 Å². The molecule has 15 heteroatoms. The lowest BCUT2D eigenvalue weighted by Gasteiger charge is -2.37. The summed E-state index contributed by atoms with van der Waals surface area (Å²) < 4.78 is 114. The molecule has 1 rings (SSSR count). The number of hydrogen-bond donors (Lipinski definition) is 2. The number of rotatable bonds is 7. The molecule has 8 nitrogen and oxygen atoms in total. The standard InChI is InChI=1S/C13H15F6N3O5S/c1-11(14,12(15,16)17)13(18,19)22(10(20)23)21-28(24,25)9-5-4-7(26-2)6-8(9)27-3/h4-6,21H,1-3H3,(H2,20,23). The van der Waals surface area contributed by atoms with E-state index in [4.69, 9.17) is 9.47 Å². The summed E-state index contributed by atoms with van der Waals surface area (Å²) in [4.78, 5) is 11.2. The van der Waals surface area contributed by atoms with Crippen molar-refractivity contribution >= 4 is 16.1 Å². The topological polar surface area (TPSA) is 111 Å². The van der Waals surface area contributed by atoms with Gasteiger partial charge in [-0.25, -0.2) is 17.6 Å². The van der Waals surface area contributed by atoms with E-state index in [1.807, 2.05) is 0 Å². The number of halogens is 6. The van der Waals surface area contributed by atoms with Crippen LogP contribution in [0.3, 0.4) is 0 Å². The van der Waals surface area contributed by atoms with Crippen LogP contribution < -0.4 is 20.0 Å². The number of carbonyl (C=O) groups is 1. The number of amides is 2. The van der Waals surface area contributed by atoms with Crippen molar-refractivity contribution in [3.63, 3.8) is 0 Å². The molecule has 1 unspecified atom stereocenters. The second kappa shape index (κ2) is 7.54. The van der Waals surface area contributed by atoms with Crippen LogP contribution in [0.4, 0.5) is 31.1 Å². The van der Waals surface area contributed by atoms with E-state index >= 15 is 0 Å². The third-order valence-electron chi connectivity index (χ3n) is 3.47. The summed E-state index contributed by atoms with van der Waals surface area (Å²) in [5.74, 6) is -0.389. The summed E-state index contributed by atoms with van der Waals surface area (Å²) in [6.07, 6.45) is -6.17. The zero-order valence-corrected chi connectivity index (χ0v) is 15.3. The summed E-state index contributed by atoms with van der Waals surface area (Å²) in [7, 11) is -2.97. The molecule has 0 saturated carbocycles. The Morgan fingerprint density at radius 3 is 2.04 bits per heavy atom. The minimum atomic E-state index is -6.17. The molecule has 2 amide bonds. The van der Waals surface area contributed by atoms with Gasteiger partial charge >= 0.3 is 18.3 Å². The van der Waals surface area contributed by atoms with Crippen LogP contribution in [0.1, 0.15) is 6.92 Å². The predicted octanol–water partition coefficient (Wildman–Crippen LogP) is 2.16. The summed E-state index contributed by atoms with van der Waals surface area (Å²) in [6.45, 7) is -0.578. The van der Waals surface area contributed by atoms with Gasteiger partial charge in [-0.05, 0) is 19.1 Å². The number of hydrogen-bond acceptors (Lipinski definition) is 5. The molecule has 0 saturated heterocycles. The maximum atomic E-state index is 14.1. The second-order valence-electron chi connectivity index (χ2n) is 5.33. The van der Waals surface area contributed by atoms with Gasteiger partial charge in [-0.15, -0.1) is 4.83 Å². The normalized spacial score (nSPS) is 14.9. The fourth-order valence-electron chi connectivity index (χ4n) is 1.79. The number of nitrogens with zero attached hydrogens (tertiary/aromatic N) is 1. The molecule has 0 aliphatic carbocycles. The highest BCUT2D eigenvalue weighted by atomic mass is 32.2. The van der Waals surface area contributed by atoms with Gasteiger partial charge in [0.15, 0.2) is 0 Å². The first kappa shape index (κ1) is 23.6. The summed E-state index contributed by atoms with van der Waals surface area (Å²) in [6, 6.07) is -5.29. The van der Waals surface area contributed by atoms with Gasteiger partial charge in [0.05, 0.1) is 14.2 Å². The number of nitrogens with two attached hydrogens (primary N) is 1. The predicted molar refractivity (Wildman–Crippen MR) is 81.8 cm³/mol. The minimum absolute atomic E-state index is 0.0845. The second-order valence-corrected chi connectivity index (χ2v) is 6.96. The number of methoxy groups -OCH3 is 2. The van der Waals surface area contributed by atoms with E-state index in [0.717, 1.165) is 30.1 Å². The van der Waals surface area contributed by atoms with Crippen LogP contribution in [0, 0.1) is 0 Å². The van der Waals surface area contributed by atoms with Crippen LogP contribution in [0.2, 0.25) is 0 Å². The molecule has 0 fully saturated rings. The Balaban J connectivity index is 3.46. The van der Waals surface area contributed by atoms with Crippen molar-refractivity contribution in [3.05, 3.63) is 18.2 Å². The molecule has 0 radical (unpaired) electrons. The van der Waals surface area contributed by atoms with Crippen molar-refractivity contribution in [3.8, 4) is 11.5 Å². The highest BCUT2D eigenvalue weighted by Gasteiger charge is 2.72. The van der Waals surface area contributed by atoms with Gasteiger partial charge in [-0.3, -0.25) is 0 Å². The lowest BCUT2D eigenvalue weighted by atomic mass is 10.1. The zero-order chi connectivity index (χ0) is 22.1. The van der Waals surface area contributed by atoms with Crippen LogP contribution in [-0.2, 0) is 10.0 Å². The van der Waals surface area contributed by atoms with Gasteiger partial charge < -0.3 is 15.2 Å². The van der Waals surface area contributed by atoms with Crippen molar-refractivity contribution in [2.75, 3.05) is 14.2 Å². The summed E-state index contributed by atoms with van der Waals surface area (Å²) in [5, 5.41) is -1.46. The summed E-state index contributed by atoms with van der Waals surface area (Å²) >= 11 is 0. The fourth-order valence-corrected chi connectivity index (χ4v) is 2.99. The molecule has 1 atom stereocenters. The van der Waals surface area contributed by atoms with Crippen LogP contribution in [0.25, 0.3) is 0 Å². The number of carbonyl (C=O) groups excluding carboxylic acids is 1. The van der Waals surface area contributed by atoms with E-state index in [1.165, 1.54) is 7.11 Å². The van der Waals surface area contributed by atoms with Crippen LogP contribution in [-0.4, -0.2) is 51.6 Å². The third kappa shape index (κ3) is 4.19. The van der Waals surface area contributed by atoms with E-state index in [1.54, 1.807) is 0 Å². The molecule has 0 aliphatic rings. The van der Waals surface area contributed by atoms with E-state index in [-0.39, 0.29) is 5.75 Å². The maximum absolute atomic E-state index is 14.1. The number of nitrogens with one attached hydrogen (secondary N) is 1. The molecule has 160 valence electrons. The number of alkyl halides is 6. The number of hydrazine groups is 1. The van der Waals surface area contributed by atoms with Crippen molar-refractivity contribution in [2.24, 2.45) is 5.73 Å². The molecule has 1 aromatic rings. The van der Waals surface area contributed by atoms with E-state index in [9.17, 15) is 39.6 Å². The van der Waals surface area contributed by atoms with Crippen LogP contribution in [0.5, 0.6) is 11.5 Å². The molecule has 3 N–H and O–H groups in total. The number of ether oxygens (including phenoxy) is 2. The summed E-state index contributed by atoms with van der Waals surface area (Å²) in [5.41, 5.74) is -0.787. The third-order valence-corrected chi connectivity index (χ3v) is 4.81. The maximum Gasteiger partial charge on any atom is 0.430 e. The SMILES string of the molecule is COc1ccc(S(=O)(=O)NN(C(N)=O)C(F)(F)C(C)(F)C(F)(F)F)c(OC)c1. The molecule has 0 bridgehead atoms. The number of primary amides is 1. The van der Waals surface area contributed by atoms with Crippen LogP contribution >= 0.6 is 0 Å². The Labute approximate surface area is 155 Å². The Kier molecular flexibility index (Phi) is 6.36. The van der Waals surface area contributed by atoms with Crippen molar-refractivity contribution < 1.29 is 49.0 Å². The molecular weight excluding hydrogens is 424 g/mol. The Morgan fingerprint density at radius 2 is 1.64 bits per heavy atom. The first-order valence-corrected chi connectivity index (χ1v) is 8.49. The Hall–Kier alpha value is -2.42. The fraction of sp³-hybridized carbons (Fsp3) is 0.462. The van der Waals surface area contributed by atoms with E-state index in [0.29, 0.717) is 0 Å². The first-order valence-electron chi connectivity index (χ1n) is 7.00. The average molecular weight is 439 g/mol. The lowest BCUT2D eigenvalue weighted by Crippen LogP contribution is -2.68.